The van der Waals surface area contributed by atoms with E-state index in [1.54, 1.807) is 24.3 Å². The molecule has 0 fully saturated rings. The Morgan fingerprint density at radius 3 is 2.48 bits per heavy atom. The molecule has 0 unspecified atom stereocenters. The first-order valence-corrected chi connectivity index (χ1v) is 7.15. The summed E-state index contributed by atoms with van der Waals surface area (Å²) >= 11 is 5.83. The van der Waals surface area contributed by atoms with Gasteiger partial charge in [-0.2, -0.15) is 5.10 Å². The quantitative estimate of drug-likeness (QED) is 0.550. The molecular weight excluding hydrogens is 318 g/mol. The van der Waals surface area contributed by atoms with Crippen LogP contribution in [0.5, 0.6) is 0 Å². The van der Waals surface area contributed by atoms with Crippen LogP contribution in [-0.4, -0.2) is 20.1 Å². The number of rotatable bonds is 5. The minimum atomic E-state index is -0.441. The predicted octanol–water partition coefficient (Wildman–Crippen LogP) is 3.65. The van der Waals surface area contributed by atoms with E-state index < -0.39 is 4.92 Å². The number of nitrogens with one attached hydrogen (secondary N) is 2. The van der Waals surface area contributed by atoms with Crippen molar-refractivity contribution in [2.75, 3.05) is 5.32 Å². The Kier molecular flexibility index (Phi) is 4.20. The average molecular weight is 330 g/mol. The van der Waals surface area contributed by atoms with Crippen LogP contribution in [0.15, 0.2) is 48.5 Å². The SMILES string of the molecule is O=[N+]([O-])c1ccc(-c2n[nH]c(CNc3ccc(Cl)cc3)n2)cc1. The van der Waals surface area contributed by atoms with Gasteiger partial charge in [-0.05, 0) is 36.4 Å². The second kappa shape index (κ2) is 6.45. The van der Waals surface area contributed by atoms with E-state index >= 15 is 0 Å². The lowest BCUT2D eigenvalue weighted by Gasteiger charge is -2.03. The Labute approximate surface area is 136 Å². The molecule has 0 atom stereocenters. The highest BCUT2D eigenvalue weighted by atomic mass is 35.5. The van der Waals surface area contributed by atoms with E-state index in [-0.39, 0.29) is 5.69 Å². The van der Waals surface area contributed by atoms with Gasteiger partial charge in [-0.1, -0.05) is 11.6 Å². The second-order valence-electron chi connectivity index (χ2n) is 4.77. The fourth-order valence-electron chi connectivity index (χ4n) is 1.99. The number of hydrogen-bond acceptors (Lipinski definition) is 5. The number of hydrogen-bond donors (Lipinski definition) is 2. The molecule has 0 aliphatic carbocycles. The zero-order valence-electron chi connectivity index (χ0n) is 11.9. The van der Waals surface area contributed by atoms with E-state index in [0.717, 1.165) is 5.69 Å². The van der Waals surface area contributed by atoms with Gasteiger partial charge in [0.25, 0.3) is 5.69 Å². The Bertz CT molecular complexity index is 815. The molecule has 0 aliphatic heterocycles. The summed E-state index contributed by atoms with van der Waals surface area (Å²) in [5.74, 6) is 1.15. The molecule has 116 valence electrons. The first kappa shape index (κ1) is 15.0. The number of aromatic amines is 1. The molecule has 0 aliphatic rings. The lowest BCUT2D eigenvalue weighted by atomic mass is 10.2. The summed E-state index contributed by atoms with van der Waals surface area (Å²) in [7, 11) is 0. The van der Waals surface area contributed by atoms with Crippen molar-refractivity contribution < 1.29 is 4.92 Å². The van der Waals surface area contributed by atoms with E-state index in [0.29, 0.717) is 28.8 Å². The molecule has 2 N–H and O–H groups in total. The molecule has 2 aromatic carbocycles. The molecule has 23 heavy (non-hydrogen) atoms. The molecule has 0 spiro atoms. The molecule has 0 saturated carbocycles. The Morgan fingerprint density at radius 2 is 1.83 bits per heavy atom. The number of nitrogens with zero attached hydrogens (tertiary/aromatic N) is 3. The number of nitro benzene ring substituents is 1. The third kappa shape index (κ3) is 3.64. The van der Waals surface area contributed by atoms with Crippen LogP contribution in [0.25, 0.3) is 11.4 Å². The Morgan fingerprint density at radius 1 is 1.13 bits per heavy atom. The summed E-state index contributed by atoms with van der Waals surface area (Å²) in [6, 6.07) is 13.4. The van der Waals surface area contributed by atoms with Gasteiger partial charge in [0.1, 0.15) is 5.82 Å². The van der Waals surface area contributed by atoms with Crippen LogP contribution in [0.2, 0.25) is 5.02 Å². The zero-order valence-corrected chi connectivity index (χ0v) is 12.6. The van der Waals surface area contributed by atoms with Gasteiger partial charge >= 0.3 is 0 Å². The third-order valence-electron chi connectivity index (χ3n) is 3.17. The van der Waals surface area contributed by atoms with Crippen LogP contribution in [0.1, 0.15) is 5.82 Å². The third-order valence-corrected chi connectivity index (χ3v) is 3.42. The molecule has 1 heterocycles. The van der Waals surface area contributed by atoms with Crippen molar-refractivity contribution in [3.05, 3.63) is 69.5 Å². The van der Waals surface area contributed by atoms with Crippen molar-refractivity contribution >= 4 is 23.0 Å². The molecule has 1 aromatic heterocycles. The predicted molar refractivity (Wildman–Crippen MR) is 87.3 cm³/mol. The van der Waals surface area contributed by atoms with Crippen molar-refractivity contribution in [3.63, 3.8) is 0 Å². The van der Waals surface area contributed by atoms with Gasteiger partial charge in [-0.15, -0.1) is 0 Å². The molecule has 0 saturated heterocycles. The lowest BCUT2D eigenvalue weighted by molar-refractivity contribution is -0.384. The van der Waals surface area contributed by atoms with Crippen LogP contribution < -0.4 is 5.32 Å². The lowest BCUT2D eigenvalue weighted by Crippen LogP contribution is -2.00. The van der Waals surface area contributed by atoms with Crippen LogP contribution >= 0.6 is 11.6 Å². The smallest absolute Gasteiger partial charge is 0.269 e. The molecule has 0 amide bonds. The molecule has 0 radical (unpaired) electrons. The summed E-state index contributed by atoms with van der Waals surface area (Å²) in [5, 5.41) is 21.5. The largest absolute Gasteiger partial charge is 0.378 e. The van der Waals surface area contributed by atoms with Gasteiger partial charge in [0.05, 0.1) is 11.5 Å². The standard InChI is InChI=1S/C15H12ClN5O2/c16-11-3-5-12(6-4-11)17-9-14-18-15(20-19-14)10-1-7-13(8-2-10)21(22)23/h1-8,17H,9H2,(H,18,19,20). The number of anilines is 1. The van der Waals surface area contributed by atoms with Crippen LogP contribution in [0.3, 0.4) is 0 Å². The van der Waals surface area contributed by atoms with E-state index in [1.165, 1.54) is 12.1 Å². The highest BCUT2D eigenvalue weighted by Crippen LogP contribution is 2.19. The van der Waals surface area contributed by atoms with Gasteiger partial charge in [0, 0.05) is 28.4 Å². The minimum absolute atomic E-state index is 0.0360. The fraction of sp³-hybridized carbons (Fsp3) is 0.0667. The fourth-order valence-corrected chi connectivity index (χ4v) is 2.12. The van der Waals surface area contributed by atoms with Gasteiger partial charge in [-0.3, -0.25) is 15.2 Å². The van der Waals surface area contributed by atoms with E-state index in [4.69, 9.17) is 11.6 Å². The monoisotopic (exact) mass is 329 g/mol. The summed E-state index contributed by atoms with van der Waals surface area (Å²) in [6.45, 7) is 0.474. The summed E-state index contributed by atoms with van der Waals surface area (Å²) in [4.78, 5) is 14.6. The number of non-ortho nitro benzene ring substituents is 1. The van der Waals surface area contributed by atoms with E-state index in [2.05, 4.69) is 20.5 Å². The van der Waals surface area contributed by atoms with E-state index in [9.17, 15) is 10.1 Å². The molecule has 3 rings (SSSR count). The van der Waals surface area contributed by atoms with Crippen molar-refractivity contribution in [1.82, 2.24) is 15.2 Å². The van der Waals surface area contributed by atoms with Crippen LogP contribution in [0, 0.1) is 10.1 Å². The van der Waals surface area contributed by atoms with Crippen molar-refractivity contribution in [1.29, 1.82) is 0 Å². The number of H-pyrrole nitrogens is 1. The van der Waals surface area contributed by atoms with Gasteiger partial charge in [0.15, 0.2) is 5.82 Å². The number of halogens is 1. The molecule has 0 bridgehead atoms. The molecule has 7 nitrogen and oxygen atoms in total. The van der Waals surface area contributed by atoms with Crippen LogP contribution in [-0.2, 0) is 6.54 Å². The Balaban J connectivity index is 1.67. The maximum Gasteiger partial charge on any atom is 0.269 e. The summed E-state index contributed by atoms with van der Waals surface area (Å²) in [6.07, 6.45) is 0. The Hall–Kier alpha value is -2.93. The molecule has 3 aromatic rings. The molecular formula is C15H12ClN5O2. The average Bonchev–Trinajstić information content (AvgIpc) is 3.03. The van der Waals surface area contributed by atoms with Crippen molar-refractivity contribution in [3.8, 4) is 11.4 Å². The van der Waals surface area contributed by atoms with Crippen molar-refractivity contribution in [2.45, 2.75) is 6.54 Å². The van der Waals surface area contributed by atoms with Crippen molar-refractivity contribution in [2.24, 2.45) is 0 Å². The topological polar surface area (TPSA) is 96.7 Å². The number of aromatic nitrogens is 3. The minimum Gasteiger partial charge on any atom is -0.378 e. The van der Waals surface area contributed by atoms with E-state index in [1.807, 2.05) is 12.1 Å². The highest BCUT2D eigenvalue weighted by Gasteiger charge is 2.09. The van der Waals surface area contributed by atoms with Gasteiger partial charge in [0.2, 0.25) is 0 Å². The summed E-state index contributed by atoms with van der Waals surface area (Å²) < 4.78 is 0. The second-order valence-corrected chi connectivity index (χ2v) is 5.21. The first-order valence-electron chi connectivity index (χ1n) is 6.77. The number of benzene rings is 2. The number of nitro groups is 1. The first-order chi connectivity index (χ1) is 11.1. The van der Waals surface area contributed by atoms with Gasteiger partial charge < -0.3 is 5.32 Å². The molecule has 8 heteroatoms. The normalized spacial score (nSPS) is 10.5. The maximum absolute atomic E-state index is 10.6. The summed E-state index contributed by atoms with van der Waals surface area (Å²) in [5.41, 5.74) is 1.67. The van der Waals surface area contributed by atoms with Gasteiger partial charge in [-0.25, -0.2) is 4.98 Å². The van der Waals surface area contributed by atoms with Crippen LogP contribution in [0.4, 0.5) is 11.4 Å². The maximum atomic E-state index is 10.6. The zero-order chi connectivity index (χ0) is 16.2. The highest BCUT2D eigenvalue weighted by molar-refractivity contribution is 6.30.